The normalized spacial score (nSPS) is 20.3. The molecule has 3 N–H and O–H groups in total. The van der Waals surface area contributed by atoms with Gasteiger partial charge >= 0.3 is 6.18 Å². The number of halogens is 3. The maximum atomic E-state index is 14.1. The van der Waals surface area contributed by atoms with Gasteiger partial charge in [0.05, 0.1) is 64.3 Å². The molecule has 7 rings (SSSR count). The minimum atomic E-state index is -4.79. The first-order chi connectivity index (χ1) is 33.7. The highest BCUT2D eigenvalue weighted by Crippen LogP contribution is 2.40. The Kier molecular flexibility index (Phi) is 16.9. The number of aryl methyl sites for hydroxylation is 1. The van der Waals surface area contributed by atoms with Crippen molar-refractivity contribution in [3.8, 4) is 22.3 Å². The minimum absolute atomic E-state index is 0.00473. The average molecular weight is 1020 g/mol. The molecule has 4 heterocycles. The number of aliphatic hydroxyl groups is 1. The summed E-state index contributed by atoms with van der Waals surface area (Å²) in [6.07, 6.45) is -3.88. The molecule has 15 nitrogen and oxygen atoms in total. The molecule has 0 radical (unpaired) electrons. The molecule has 71 heavy (non-hydrogen) atoms. The number of nitrogens with one attached hydrogen (secondary N) is 2. The van der Waals surface area contributed by atoms with Gasteiger partial charge < -0.3 is 39.2 Å². The van der Waals surface area contributed by atoms with Gasteiger partial charge in [-0.25, -0.2) is 4.98 Å². The molecule has 1 aromatic heterocycles. The number of rotatable bonds is 21. The summed E-state index contributed by atoms with van der Waals surface area (Å²) < 4.78 is 64.5. The molecular formula is C51H60F3N7O8S2. The number of anilines is 2. The van der Waals surface area contributed by atoms with Crippen molar-refractivity contribution in [3.63, 3.8) is 0 Å². The van der Waals surface area contributed by atoms with Crippen LogP contribution in [0.2, 0.25) is 0 Å². The zero-order valence-electron chi connectivity index (χ0n) is 40.6. The Morgan fingerprint density at radius 2 is 1.68 bits per heavy atom. The van der Waals surface area contributed by atoms with Gasteiger partial charge in [0.2, 0.25) is 11.8 Å². The number of aromatic nitrogens is 1. The molecule has 3 aliphatic rings. The lowest BCUT2D eigenvalue weighted by Crippen LogP contribution is -2.57. The number of thiazole rings is 1. The largest absolute Gasteiger partial charge is 0.494 e. The van der Waals surface area contributed by atoms with E-state index in [0.717, 1.165) is 51.6 Å². The van der Waals surface area contributed by atoms with Gasteiger partial charge in [0.15, 0.2) is 5.11 Å². The Balaban J connectivity index is 0.766. The first kappa shape index (κ1) is 53.3. The van der Waals surface area contributed by atoms with E-state index in [1.54, 1.807) is 60.4 Å². The van der Waals surface area contributed by atoms with Crippen LogP contribution in [0.15, 0.2) is 72.2 Å². The second-order valence-corrected chi connectivity index (χ2v) is 20.6. The van der Waals surface area contributed by atoms with Crippen molar-refractivity contribution in [3.05, 3.63) is 94.6 Å². The molecular weight excluding hydrogens is 960 g/mol. The van der Waals surface area contributed by atoms with E-state index < -0.39 is 58.6 Å². The molecule has 3 aromatic carbocycles. The van der Waals surface area contributed by atoms with Crippen molar-refractivity contribution in [2.24, 2.45) is 5.41 Å². The number of nitrogens with zero attached hydrogens (tertiary/aromatic N) is 5. The minimum Gasteiger partial charge on any atom is -0.494 e. The van der Waals surface area contributed by atoms with Crippen LogP contribution in [-0.4, -0.2) is 113 Å². The third-order valence-electron chi connectivity index (χ3n) is 12.6. The summed E-state index contributed by atoms with van der Waals surface area (Å²) in [6, 6.07) is 18.0. The monoisotopic (exact) mass is 1020 g/mol. The molecule has 3 saturated heterocycles. The summed E-state index contributed by atoms with van der Waals surface area (Å²) in [5.74, 6) is -0.516. The molecule has 3 amide bonds. The summed E-state index contributed by atoms with van der Waals surface area (Å²) in [5, 5.41) is 26.1. The van der Waals surface area contributed by atoms with E-state index in [1.165, 1.54) is 11.0 Å². The number of likely N-dealkylation sites (tertiary alicyclic amines) is 1. The summed E-state index contributed by atoms with van der Waals surface area (Å²) >= 11 is 7.21. The lowest BCUT2D eigenvalue weighted by Gasteiger charge is -2.35. The molecule has 3 aliphatic heterocycles. The zero-order chi connectivity index (χ0) is 51.3. The van der Waals surface area contributed by atoms with Crippen LogP contribution in [0, 0.1) is 23.7 Å². The smallest absolute Gasteiger partial charge is 0.417 e. The topological polar surface area (TPSA) is 182 Å². The van der Waals surface area contributed by atoms with Crippen molar-refractivity contribution in [1.82, 2.24) is 20.5 Å². The van der Waals surface area contributed by atoms with E-state index in [9.17, 15) is 37.9 Å². The third kappa shape index (κ3) is 12.8. The van der Waals surface area contributed by atoms with Crippen molar-refractivity contribution in [2.45, 2.75) is 116 Å². The highest BCUT2D eigenvalue weighted by Gasteiger charge is 2.51. The Labute approximate surface area is 421 Å². The predicted molar refractivity (Wildman–Crippen MR) is 266 cm³/mol. The van der Waals surface area contributed by atoms with E-state index in [2.05, 4.69) is 15.6 Å². The van der Waals surface area contributed by atoms with E-state index in [0.29, 0.717) is 50.9 Å². The second-order valence-electron chi connectivity index (χ2n) is 19.4. The van der Waals surface area contributed by atoms with Crippen molar-refractivity contribution in [1.29, 1.82) is 5.26 Å². The number of carbonyl (C=O) groups excluding carboxylic acids is 3. The molecule has 4 aromatic rings. The number of benzene rings is 3. The second kappa shape index (κ2) is 22.5. The number of thiocarbonyl (C=S) groups is 1. The molecule has 2 unspecified atom stereocenters. The van der Waals surface area contributed by atoms with Crippen LogP contribution >= 0.6 is 23.6 Å². The lowest BCUT2D eigenvalue weighted by atomic mass is 9.85. The molecule has 0 bridgehead atoms. The maximum absolute atomic E-state index is 14.1. The number of β-amino-alcohol motifs (C(OH)–C–C–N with tert-alkyl or cyclic N) is 1. The number of hydrogen-bond donors (Lipinski definition) is 3. The molecule has 380 valence electrons. The van der Waals surface area contributed by atoms with Gasteiger partial charge in [-0.1, -0.05) is 45.0 Å². The van der Waals surface area contributed by atoms with E-state index in [1.807, 2.05) is 57.5 Å². The quantitative estimate of drug-likeness (QED) is 0.0424. The number of epoxide rings is 1. The van der Waals surface area contributed by atoms with Crippen LogP contribution in [0.4, 0.5) is 24.5 Å². The van der Waals surface area contributed by atoms with E-state index in [4.69, 9.17) is 31.2 Å². The maximum Gasteiger partial charge on any atom is 0.417 e. The highest BCUT2D eigenvalue weighted by molar-refractivity contribution is 7.81. The van der Waals surface area contributed by atoms with E-state index in [-0.39, 0.29) is 48.2 Å². The Bertz CT molecular complexity index is 2580. The summed E-state index contributed by atoms with van der Waals surface area (Å²) in [7, 11) is 0. The van der Waals surface area contributed by atoms with Gasteiger partial charge in [0.1, 0.15) is 29.7 Å². The number of hydrogen-bond acceptors (Lipinski definition) is 13. The molecule has 0 spiro atoms. The van der Waals surface area contributed by atoms with E-state index >= 15 is 0 Å². The average Bonchev–Trinajstić information content (AvgIpc) is 3.63. The first-order valence-corrected chi connectivity index (χ1v) is 24.8. The van der Waals surface area contributed by atoms with Gasteiger partial charge in [0, 0.05) is 51.4 Å². The summed E-state index contributed by atoms with van der Waals surface area (Å²) in [5.41, 5.74) is 1.80. The Hall–Kier alpha value is -5.53. The number of nitriles is 1. The van der Waals surface area contributed by atoms with Gasteiger partial charge in [-0.3, -0.25) is 24.6 Å². The number of amides is 3. The number of alkyl halides is 3. The van der Waals surface area contributed by atoms with Crippen LogP contribution in [0.25, 0.3) is 10.4 Å². The van der Waals surface area contributed by atoms with Crippen LogP contribution in [-0.2, 0) is 41.3 Å². The standard InChI is InChI=1S/C51H60F3N7O8S2/c1-31-42(71-30-57-31)33-12-10-32(11-13-33)27-56-44(63)40-25-37(62)28-59(40)46(64)43(49(2,3)4)58-45-41(69-45)29-67-21-8-7-20-66-22-9-23-68-38-18-16-35(17-19-38)61-48(70)60(47(65)50(61,5)6)36-15-14-34(26-55)39(24-36)51(52,53)54/h10-19,24,30,37,40-41,43,45,58,62H,7-9,20-23,25,27-29H2,1-6H3,(H,56,63)/t37-,40+,41?,43-,45?/m1/s1. The van der Waals surface area contributed by atoms with Gasteiger partial charge in [-0.15, -0.1) is 11.3 Å². The van der Waals surface area contributed by atoms with Crippen molar-refractivity contribution < 1.29 is 51.6 Å². The fourth-order valence-corrected chi connectivity index (χ4v) is 9.95. The van der Waals surface area contributed by atoms with Gasteiger partial charge in [-0.2, -0.15) is 18.4 Å². The Morgan fingerprint density at radius 3 is 2.32 bits per heavy atom. The summed E-state index contributed by atoms with van der Waals surface area (Å²) in [4.78, 5) is 50.6. The number of unbranched alkanes of at least 4 members (excludes halogenated alkanes) is 1. The number of aliphatic hydroxyl groups excluding tert-OH is 1. The molecule has 3 fully saturated rings. The molecule has 5 atom stereocenters. The third-order valence-corrected chi connectivity index (χ3v) is 13.9. The predicted octanol–water partition coefficient (Wildman–Crippen LogP) is 7.52. The SMILES string of the molecule is Cc1ncsc1-c1ccc(CNC(=O)[C@@H]2C[C@@H](O)CN2C(=O)[C@@H](NC2OC2COCCCCOCCCOc2ccc(N3C(=S)N(c4ccc(C#N)c(C(F)(F)F)c4)C(=O)C3(C)C)cc2)C(C)(C)C)cc1. The van der Waals surface area contributed by atoms with Crippen LogP contribution in [0.1, 0.15) is 82.7 Å². The van der Waals surface area contributed by atoms with Crippen molar-refractivity contribution in [2.75, 3.05) is 49.4 Å². The summed E-state index contributed by atoms with van der Waals surface area (Å²) in [6.45, 7) is 13.7. The van der Waals surface area contributed by atoms with Crippen LogP contribution in [0.5, 0.6) is 5.75 Å². The molecule has 20 heteroatoms. The molecule has 0 saturated carbocycles. The fourth-order valence-electron chi connectivity index (χ4n) is 8.62. The molecule has 0 aliphatic carbocycles. The lowest BCUT2D eigenvalue weighted by molar-refractivity contribution is -0.142. The van der Waals surface area contributed by atoms with Gasteiger partial charge in [-0.05, 0) is 105 Å². The van der Waals surface area contributed by atoms with Crippen LogP contribution in [0.3, 0.4) is 0 Å². The number of carbonyl (C=O) groups is 3. The van der Waals surface area contributed by atoms with Gasteiger partial charge in [0.25, 0.3) is 5.91 Å². The van der Waals surface area contributed by atoms with Crippen LogP contribution < -0.4 is 25.2 Å². The zero-order valence-corrected chi connectivity index (χ0v) is 42.2. The first-order valence-electron chi connectivity index (χ1n) is 23.5. The fraction of sp³-hybridized carbons (Fsp3) is 0.490. The highest BCUT2D eigenvalue weighted by atomic mass is 32.1. The number of ether oxygens (including phenoxy) is 4. The Morgan fingerprint density at radius 1 is 1.00 bits per heavy atom. The van der Waals surface area contributed by atoms with Crippen molar-refractivity contribution >= 4 is 57.8 Å².